The first-order valence-corrected chi connectivity index (χ1v) is 4.73. The lowest BCUT2D eigenvalue weighted by Crippen LogP contribution is -1.93. The van der Waals surface area contributed by atoms with E-state index in [1.165, 1.54) is 0 Å². The Balaban J connectivity index is 2.37. The standard InChI is InChI=1S/C9H10O3S/c10-13(11)12-8-4-7-9-5-2-1-3-6-9/h1-7H,8H2,(H,10,11)/p-1. The van der Waals surface area contributed by atoms with Gasteiger partial charge in [-0.2, -0.15) is 0 Å². The summed E-state index contributed by atoms with van der Waals surface area (Å²) in [6.07, 6.45) is 3.44. The SMILES string of the molecule is O=S([O-])OCC=Cc1ccccc1. The van der Waals surface area contributed by atoms with Gasteiger partial charge in [-0.05, 0) is 5.56 Å². The van der Waals surface area contributed by atoms with E-state index in [0.29, 0.717) is 0 Å². The second-order valence-corrected chi connectivity index (χ2v) is 2.95. The van der Waals surface area contributed by atoms with Crippen LogP contribution in [-0.4, -0.2) is 15.4 Å². The summed E-state index contributed by atoms with van der Waals surface area (Å²) < 4.78 is 24.2. The van der Waals surface area contributed by atoms with E-state index in [2.05, 4.69) is 4.18 Å². The van der Waals surface area contributed by atoms with Crippen LogP contribution in [0, 0.1) is 0 Å². The molecule has 0 aliphatic heterocycles. The van der Waals surface area contributed by atoms with Gasteiger partial charge in [0.2, 0.25) is 0 Å². The molecule has 70 valence electrons. The molecule has 0 N–H and O–H groups in total. The first-order chi connectivity index (χ1) is 6.29. The third-order valence-corrected chi connectivity index (χ3v) is 1.70. The predicted octanol–water partition coefficient (Wildman–Crippen LogP) is 1.51. The van der Waals surface area contributed by atoms with Crippen molar-refractivity contribution < 1.29 is 12.9 Å². The molecule has 0 heterocycles. The van der Waals surface area contributed by atoms with Crippen LogP contribution in [-0.2, 0) is 15.5 Å². The van der Waals surface area contributed by atoms with Crippen LogP contribution in [0.15, 0.2) is 36.4 Å². The summed E-state index contributed by atoms with van der Waals surface area (Å²) in [6.45, 7) is 0.0744. The van der Waals surface area contributed by atoms with Gasteiger partial charge in [-0.1, -0.05) is 42.5 Å². The highest BCUT2D eigenvalue weighted by Crippen LogP contribution is 2.00. The van der Waals surface area contributed by atoms with E-state index in [0.717, 1.165) is 5.56 Å². The number of benzene rings is 1. The van der Waals surface area contributed by atoms with Crippen molar-refractivity contribution in [1.82, 2.24) is 0 Å². The smallest absolute Gasteiger partial charge is 0.0845 e. The summed E-state index contributed by atoms with van der Waals surface area (Å²) in [6, 6.07) is 9.58. The molecule has 0 aliphatic carbocycles. The zero-order valence-corrected chi connectivity index (χ0v) is 7.70. The Labute approximate surface area is 79.5 Å². The third-order valence-electron chi connectivity index (χ3n) is 1.37. The Morgan fingerprint density at radius 1 is 1.38 bits per heavy atom. The van der Waals surface area contributed by atoms with Crippen molar-refractivity contribution in [3.05, 3.63) is 42.0 Å². The zero-order chi connectivity index (χ0) is 9.52. The topological polar surface area (TPSA) is 49.4 Å². The fraction of sp³-hybridized carbons (Fsp3) is 0.111. The van der Waals surface area contributed by atoms with Crippen molar-refractivity contribution in [3.8, 4) is 0 Å². The molecule has 1 rings (SSSR count). The highest BCUT2D eigenvalue weighted by atomic mass is 32.2. The van der Waals surface area contributed by atoms with E-state index in [1.54, 1.807) is 12.2 Å². The van der Waals surface area contributed by atoms with Crippen LogP contribution in [0.1, 0.15) is 5.56 Å². The molecule has 1 unspecified atom stereocenters. The lowest BCUT2D eigenvalue weighted by atomic mass is 10.2. The first-order valence-electron chi connectivity index (χ1n) is 3.73. The van der Waals surface area contributed by atoms with E-state index in [4.69, 9.17) is 0 Å². The maximum atomic E-state index is 9.95. The fourth-order valence-electron chi connectivity index (χ4n) is 0.843. The molecule has 1 aromatic carbocycles. The van der Waals surface area contributed by atoms with Crippen molar-refractivity contribution in [2.75, 3.05) is 6.61 Å². The van der Waals surface area contributed by atoms with E-state index < -0.39 is 11.4 Å². The normalized spacial score (nSPS) is 13.3. The number of hydrogen-bond acceptors (Lipinski definition) is 3. The molecule has 1 atom stereocenters. The highest BCUT2D eigenvalue weighted by molar-refractivity contribution is 7.74. The molecule has 4 heteroatoms. The molecule has 0 saturated heterocycles. The molecular weight excluding hydrogens is 188 g/mol. The molecule has 0 bridgehead atoms. The summed E-state index contributed by atoms with van der Waals surface area (Å²) >= 11 is -2.42. The fourth-order valence-corrected chi connectivity index (χ4v) is 1.03. The summed E-state index contributed by atoms with van der Waals surface area (Å²) in [5.74, 6) is 0. The Bertz CT molecular complexity index is 295. The molecule has 0 saturated carbocycles. The number of hydrogen-bond donors (Lipinski definition) is 0. The van der Waals surface area contributed by atoms with Gasteiger partial charge in [0, 0.05) is 0 Å². The van der Waals surface area contributed by atoms with Gasteiger partial charge < -0.3 is 4.55 Å². The van der Waals surface area contributed by atoms with Gasteiger partial charge in [0.05, 0.1) is 18.0 Å². The van der Waals surface area contributed by atoms with Crippen LogP contribution in [0.25, 0.3) is 6.08 Å². The average molecular weight is 197 g/mol. The average Bonchev–Trinajstić information content (AvgIpc) is 2.14. The molecule has 0 amide bonds. The minimum absolute atomic E-state index is 0.0744. The van der Waals surface area contributed by atoms with Gasteiger partial charge in [-0.15, -0.1) is 0 Å². The Morgan fingerprint density at radius 2 is 2.08 bits per heavy atom. The molecular formula is C9H9O3S-. The van der Waals surface area contributed by atoms with Crippen LogP contribution in [0.5, 0.6) is 0 Å². The second kappa shape index (κ2) is 5.64. The molecule has 13 heavy (non-hydrogen) atoms. The minimum Gasteiger partial charge on any atom is -0.750 e. The Morgan fingerprint density at radius 3 is 2.69 bits per heavy atom. The maximum Gasteiger partial charge on any atom is 0.0845 e. The van der Waals surface area contributed by atoms with Gasteiger partial charge in [-0.25, -0.2) is 4.21 Å². The van der Waals surface area contributed by atoms with Crippen molar-refractivity contribution in [3.63, 3.8) is 0 Å². The van der Waals surface area contributed by atoms with Gasteiger partial charge in [0.15, 0.2) is 0 Å². The van der Waals surface area contributed by atoms with Gasteiger partial charge in [-0.3, -0.25) is 4.18 Å². The molecule has 0 aromatic heterocycles. The van der Waals surface area contributed by atoms with Crippen molar-refractivity contribution >= 4 is 17.4 Å². The lowest BCUT2D eigenvalue weighted by molar-refractivity contribution is 0.334. The van der Waals surface area contributed by atoms with Gasteiger partial charge >= 0.3 is 0 Å². The molecule has 0 aliphatic rings. The zero-order valence-electron chi connectivity index (χ0n) is 6.88. The van der Waals surface area contributed by atoms with Crippen LogP contribution in [0.3, 0.4) is 0 Å². The van der Waals surface area contributed by atoms with Crippen molar-refractivity contribution in [2.45, 2.75) is 0 Å². The second-order valence-electron chi connectivity index (χ2n) is 2.30. The summed E-state index contributed by atoms with van der Waals surface area (Å²) in [5.41, 5.74) is 1.02. The Hall–Kier alpha value is -0.970. The molecule has 0 radical (unpaired) electrons. The Kier molecular flexibility index (Phi) is 4.39. The predicted molar refractivity (Wildman–Crippen MR) is 50.3 cm³/mol. The summed E-state index contributed by atoms with van der Waals surface area (Å²) in [4.78, 5) is 0. The molecule has 1 aromatic rings. The summed E-state index contributed by atoms with van der Waals surface area (Å²) in [7, 11) is 0. The van der Waals surface area contributed by atoms with E-state index >= 15 is 0 Å². The third kappa shape index (κ3) is 4.57. The van der Waals surface area contributed by atoms with Gasteiger partial charge in [0.1, 0.15) is 0 Å². The highest BCUT2D eigenvalue weighted by Gasteiger charge is 1.82. The van der Waals surface area contributed by atoms with E-state index in [1.807, 2.05) is 30.3 Å². The lowest BCUT2D eigenvalue weighted by Gasteiger charge is -2.00. The largest absolute Gasteiger partial charge is 0.750 e. The van der Waals surface area contributed by atoms with Crippen LogP contribution < -0.4 is 0 Å². The quantitative estimate of drug-likeness (QED) is 0.687. The summed E-state index contributed by atoms with van der Waals surface area (Å²) in [5, 5.41) is 0. The van der Waals surface area contributed by atoms with E-state index in [-0.39, 0.29) is 6.61 Å². The monoisotopic (exact) mass is 197 g/mol. The van der Waals surface area contributed by atoms with Gasteiger partial charge in [0.25, 0.3) is 0 Å². The van der Waals surface area contributed by atoms with Crippen molar-refractivity contribution in [1.29, 1.82) is 0 Å². The van der Waals surface area contributed by atoms with Crippen molar-refractivity contribution in [2.24, 2.45) is 0 Å². The van der Waals surface area contributed by atoms with Crippen LogP contribution in [0.2, 0.25) is 0 Å². The number of rotatable bonds is 4. The first kappa shape index (κ1) is 10.1. The molecule has 0 spiro atoms. The molecule has 0 fully saturated rings. The van der Waals surface area contributed by atoms with Crippen LogP contribution in [0.4, 0.5) is 0 Å². The van der Waals surface area contributed by atoms with Crippen LogP contribution >= 0.6 is 0 Å². The molecule has 3 nitrogen and oxygen atoms in total. The van der Waals surface area contributed by atoms with E-state index in [9.17, 15) is 8.76 Å². The minimum atomic E-state index is -2.42. The maximum absolute atomic E-state index is 9.95.